The molecule has 0 fully saturated rings. The number of aryl methyl sites for hydroxylation is 2. The lowest BCUT2D eigenvalue weighted by Crippen LogP contribution is -1.84. The third-order valence-electron chi connectivity index (χ3n) is 4.79. The normalized spacial score (nSPS) is 10.7. The van der Waals surface area contributed by atoms with Crippen LogP contribution in [-0.2, 0) is 0 Å². The van der Waals surface area contributed by atoms with E-state index in [-0.39, 0.29) is 0 Å². The van der Waals surface area contributed by atoms with Gasteiger partial charge in [0.25, 0.3) is 0 Å². The Balaban J connectivity index is 1.73. The van der Waals surface area contributed by atoms with Gasteiger partial charge in [-0.1, -0.05) is 96.1 Å². The van der Waals surface area contributed by atoms with Crippen molar-refractivity contribution in [3.05, 3.63) is 108 Å². The first-order valence-electron chi connectivity index (χ1n) is 9.04. The van der Waals surface area contributed by atoms with Crippen LogP contribution in [0.4, 0.5) is 0 Å². The van der Waals surface area contributed by atoms with Crippen LogP contribution in [0.2, 0.25) is 0 Å². The molecule has 0 aliphatic heterocycles. The average molecular weight is 334 g/mol. The summed E-state index contributed by atoms with van der Waals surface area (Å²) in [5, 5.41) is 0. The lowest BCUT2D eigenvalue weighted by atomic mass is 9.95. The highest BCUT2D eigenvalue weighted by Gasteiger charge is 2.04. The van der Waals surface area contributed by atoms with Crippen LogP contribution in [0.25, 0.3) is 33.4 Å². The highest BCUT2D eigenvalue weighted by atomic mass is 14.1. The van der Waals surface area contributed by atoms with E-state index in [1.54, 1.807) is 0 Å². The molecule has 0 atom stereocenters. The summed E-state index contributed by atoms with van der Waals surface area (Å²) in [4.78, 5) is 0. The Morgan fingerprint density at radius 2 is 0.769 bits per heavy atom. The van der Waals surface area contributed by atoms with Crippen molar-refractivity contribution in [1.82, 2.24) is 0 Å². The van der Waals surface area contributed by atoms with Gasteiger partial charge in [-0.25, -0.2) is 0 Å². The van der Waals surface area contributed by atoms with Crippen LogP contribution in [-0.4, -0.2) is 0 Å². The summed E-state index contributed by atoms with van der Waals surface area (Å²) in [5.74, 6) is 0. The zero-order valence-electron chi connectivity index (χ0n) is 15.2. The minimum absolute atomic E-state index is 1.25. The summed E-state index contributed by atoms with van der Waals surface area (Å²) in [7, 11) is 0. The molecule has 0 nitrogen and oxygen atoms in total. The third-order valence-corrected chi connectivity index (χ3v) is 4.79. The van der Waals surface area contributed by atoms with Crippen molar-refractivity contribution < 1.29 is 0 Å². The van der Waals surface area contributed by atoms with Crippen LogP contribution in [0, 0.1) is 13.8 Å². The van der Waals surface area contributed by atoms with Gasteiger partial charge in [0.05, 0.1) is 0 Å². The molecule has 4 aromatic rings. The van der Waals surface area contributed by atoms with Crippen molar-refractivity contribution in [3.8, 4) is 33.4 Å². The Labute approximate surface area is 155 Å². The van der Waals surface area contributed by atoms with E-state index in [0.717, 1.165) is 0 Å². The Morgan fingerprint density at radius 1 is 0.346 bits per heavy atom. The van der Waals surface area contributed by atoms with Crippen molar-refractivity contribution >= 4 is 0 Å². The maximum Gasteiger partial charge on any atom is -0.0178 e. The van der Waals surface area contributed by atoms with E-state index in [9.17, 15) is 0 Å². The quantitative estimate of drug-likeness (QED) is 0.368. The third kappa shape index (κ3) is 3.45. The molecule has 0 aliphatic rings. The van der Waals surface area contributed by atoms with Crippen LogP contribution in [0.5, 0.6) is 0 Å². The molecular formula is C26H22. The van der Waals surface area contributed by atoms with Gasteiger partial charge in [-0.2, -0.15) is 0 Å². The van der Waals surface area contributed by atoms with Gasteiger partial charge in [-0.3, -0.25) is 0 Å². The molecule has 0 saturated carbocycles. The van der Waals surface area contributed by atoms with Gasteiger partial charge in [-0.15, -0.1) is 0 Å². The second kappa shape index (κ2) is 7.01. The molecular weight excluding hydrogens is 312 g/mol. The Hall–Kier alpha value is -3.12. The predicted octanol–water partition coefficient (Wildman–Crippen LogP) is 7.30. The predicted molar refractivity (Wildman–Crippen MR) is 112 cm³/mol. The Kier molecular flexibility index (Phi) is 4.41. The number of hydrogen-bond donors (Lipinski definition) is 0. The summed E-state index contributed by atoms with van der Waals surface area (Å²) in [6.45, 7) is 4.26. The second-order valence-corrected chi connectivity index (χ2v) is 6.90. The molecule has 0 bridgehead atoms. The molecule has 0 N–H and O–H groups in total. The van der Waals surface area contributed by atoms with Crippen LogP contribution >= 0.6 is 0 Å². The zero-order valence-corrected chi connectivity index (χ0v) is 15.2. The monoisotopic (exact) mass is 334 g/mol. The molecule has 0 spiro atoms. The van der Waals surface area contributed by atoms with Crippen molar-refractivity contribution in [3.63, 3.8) is 0 Å². The van der Waals surface area contributed by atoms with E-state index in [1.807, 2.05) is 0 Å². The Bertz CT molecular complexity index is 1040. The van der Waals surface area contributed by atoms with E-state index in [0.29, 0.717) is 0 Å². The summed E-state index contributed by atoms with van der Waals surface area (Å²) in [6, 6.07) is 35.0. The molecule has 0 aromatic heterocycles. The first-order chi connectivity index (χ1) is 12.7. The molecule has 0 heteroatoms. The first-order valence-corrected chi connectivity index (χ1v) is 9.04. The van der Waals surface area contributed by atoms with Crippen molar-refractivity contribution in [2.45, 2.75) is 13.8 Å². The highest BCUT2D eigenvalue weighted by Crippen LogP contribution is 2.30. The van der Waals surface area contributed by atoms with E-state index in [4.69, 9.17) is 0 Å². The maximum absolute atomic E-state index is 2.28. The standard InChI is InChI=1S/C26H22/c1-19-12-14-21(15-13-19)23-8-4-10-25(17-23)26-11-5-9-24(18-26)22-7-3-6-20(2)16-22/h3-18H,1-2H3. The van der Waals surface area contributed by atoms with E-state index < -0.39 is 0 Å². The summed E-state index contributed by atoms with van der Waals surface area (Å²) in [6.07, 6.45) is 0. The molecule has 0 radical (unpaired) electrons. The number of hydrogen-bond acceptors (Lipinski definition) is 0. The van der Waals surface area contributed by atoms with Crippen LogP contribution in [0.3, 0.4) is 0 Å². The summed E-state index contributed by atoms with van der Waals surface area (Å²) in [5.41, 5.74) is 10.1. The van der Waals surface area contributed by atoms with Crippen LogP contribution in [0.1, 0.15) is 11.1 Å². The van der Waals surface area contributed by atoms with Gasteiger partial charge >= 0.3 is 0 Å². The van der Waals surface area contributed by atoms with Crippen molar-refractivity contribution in [1.29, 1.82) is 0 Å². The van der Waals surface area contributed by atoms with Gasteiger partial charge < -0.3 is 0 Å². The van der Waals surface area contributed by atoms with Crippen molar-refractivity contribution in [2.75, 3.05) is 0 Å². The molecule has 0 unspecified atom stereocenters. The average Bonchev–Trinajstić information content (AvgIpc) is 2.69. The van der Waals surface area contributed by atoms with Crippen LogP contribution in [0.15, 0.2) is 97.1 Å². The van der Waals surface area contributed by atoms with E-state index in [1.165, 1.54) is 44.5 Å². The van der Waals surface area contributed by atoms with Gasteiger partial charge in [0.2, 0.25) is 0 Å². The van der Waals surface area contributed by atoms with Gasteiger partial charge in [0.1, 0.15) is 0 Å². The molecule has 4 rings (SSSR count). The molecule has 0 heterocycles. The second-order valence-electron chi connectivity index (χ2n) is 6.90. The maximum atomic E-state index is 2.28. The molecule has 4 aromatic carbocycles. The molecule has 0 amide bonds. The minimum Gasteiger partial charge on any atom is -0.0614 e. The van der Waals surface area contributed by atoms with Crippen molar-refractivity contribution in [2.24, 2.45) is 0 Å². The number of rotatable bonds is 3. The number of benzene rings is 4. The van der Waals surface area contributed by atoms with E-state index in [2.05, 4.69) is 111 Å². The molecule has 26 heavy (non-hydrogen) atoms. The summed E-state index contributed by atoms with van der Waals surface area (Å²) >= 11 is 0. The Morgan fingerprint density at radius 3 is 1.27 bits per heavy atom. The molecule has 0 aliphatic carbocycles. The first kappa shape index (κ1) is 16.4. The van der Waals surface area contributed by atoms with Gasteiger partial charge in [0.15, 0.2) is 0 Å². The largest absolute Gasteiger partial charge is 0.0614 e. The zero-order chi connectivity index (χ0) is 17.9. The topological polar surface area (TPSA) is 0 Å². The molecule has 0 saturated heterocycles. The fourth-order valence-corrected chi connectivity index (χ4v) is 3.33. The molecule has 126 valence electrons. The smallest absolute Gasteiger partial charge is 0.0178 e. The lowest BCUT2D eigenvalue weighted by molar-refractivity contribution is 1.46. The fourth-order valence-electron chi connectivity index (χ4n) is 3.33. The van der Waals surface area contributed by atoms with Gasteiger partial charge in [-0.05, 0) is 59.4 Å². The highest BCUT2D eigenvalue weighted by molar-refractivity contribution is 5.77. The van der Waals surface area contributed by atoms with E-state index >= 15 is 0 Å². The summed E-state index contributed by atoms with van der Waals surface area (Å²) < 4.78 is 0. The minimum atomic E-state index is 1.25. The fraction of sp³-hybridized carbons (Fsp3) is 0.0769. The van der Waals surface area contributed by atoms with Crippen LogP contribution < -0.4 is 0 Å². The lowest BCUT2D eigenvalue weighted by Gasteiger charge is -2.09. The SMILES string of the molecule is Cc1ccc(-c2cccc(-c3cccc(-c4cccc(C)c4)c3)c2)cc1. The van der Waals surface area contributed by atoms with Gasteiger partial charge in [0, 0.05) is 0 Å².